The highest BCUT2D eigenvalue weighted by Gasteiger charge is 2.28. The van der Waals surface area contributed by atoms with Crippen LogP contribution in [0.1, 0.15) is 0 Å². The number of carbonyl (C=O) groups is 1. The van der Waals surface area contributed by atoms with Crippen molar-refractivity contribution in [1.29, 1.82) is 0 Å². The summed E-state index contributed by atoms with van der Waals surface area (Å²) in [6, 6.07) is 2.97. The molecule has 0 saturated heterocycles. The minimum atomic E-state index is -0.889. The maximum atomic E-state index is 11.1. The lowest BCUT2D eigenvalue weighted by Gasteiger charge is -2.19. The molecule has 3 rings (SSSR count). The Balaban J connectivity index is 2.19. The monoisotopic (exact) mass is 227 g/mol. The van der Waals surface area contributed by atoms with Gasteiger partial charge in [0.2, 0.25) is 0 Å². The van der Waals surface area contributed by atoms with Crippen LogP contribution in [0.3, 0.4) is 0 Å². The van der Waals surface area contributed by atoms with Crippen molar-refractivity contribution in [1.82, 2.24) is 9.88 Å². The Hall–Kier alpha value is -2.43. The Bertz CT molecular complexity index is 661. The summed E-state index contributed by atoms with van der Waals surface area (Å²) in [5.41, 5.74) is 0.760. The number of hydrogen-bond acceptors (Lipinski definition) is 4. The van der Waals surface area contributed by atoms with Crippen LogP contribution in [0.2, 0.25) is 0 Å². The quantitative estimate of drug-likeness (QED) is 0.710. The number of rotatable bonds is 1. The van der Waals surface area contributed by atoms with Crippen molar-refractivity contribution in [3.05, 3.63) is 53.1 Å². The Morgan fingerprint density at radius 1 is 1.47 bits per heavy atom. The number of carboxylic acid groups (broad SMARTS) is 1. The molecule has 1 N–H and O–H groups in total. The van der Waals surface area contributed by atoms with Gasteiger partial charge in [-0.3, -0.25) is 9.98 Å². The van der Waals surface area contributed by atoms with Crippen LogP contribution >= 0.6 is 0 Å². The summed E-state index contributed by atoms with van der Waals surface area (Å²) < 4.78 is 0. The first-order chi connectivity index (χ1) is 8.25. The Morgan fingerprint density at radius 3 is 3.18 bits per heavy atom. The largest absolute Gasteiger partial charge is 0.479 e. The van der Waals surface area contributed by atoms with Gasteiger partial charge in [-0.15, -0.1) is 0 Å². The van der Waals surface area contributed by atoms with Gasteiger partial charge in [-0.25, -0.2) is 4.79 Å². The number of aliphatic carboxylic acids is 1. The molecule has 17 heavy (non-hydrogen) atoms. The average molecular weight is 227 g/mol. The van der Waals surface area contributed by atoms with Crippen molar-refractivity contribution in [2.24, 2.45) is 4.99 Å². The lowest BCUT2D eigenvalue weighted by Crippen LogP contribution is -2.35. The smallest absolute Gasteiger partial charge is 0.330 e. The van der Waals surface area contributed by atoms with E-state index < -0.39 is 12.0 Å². The predicted octanol–water partition coefficient (Wildman–Crippen LogP) is -0.381. The molecule has 1 atom stereocenters. The molecule has 1 unspecified atom stereocenters. The fraction of sp³-hybridized carbons (Fsp3) is 0.0833. The zero-order valence-electron chi connectivity index (χ0n) is 8.82. The number of allylic oxidation sites excluding steroid dienone is 1. The van der Waals surface area contributed by atoms with Crippen LogP contribution in [0.15, 0.2) is 47.4 Å². The summed E-state index contributed by atoms with van der Waals surface area (Å²) in [5, 5.41) is 10.5. The van der Waals surface area contributed by atoms with Crippen LogP contribution in [0, 0.1) is 0 Å². The number of nitrogens with zero attached hydrogens (tertiary/aromatic N) is 3. The van der Waals surface area contributed by atoms with Gasteiger partial charge >= 0.3 is 5.97 Å². The van der Waals surface area contributed by atoms with Gasteiger partial charge in [0, 0.05) is 12.4 Å². The lowest BCUT2D eigenvalue weighted by molar-refractivity contribution is -0.139. The highest BCUT2D eigenvalue weighted by Crippen LogP contribution is 2.21. The molecule has 5 nitrogen and oxygen atoms in total. The van der Waals surface area contributed by atoms with Gasteiger partial charge < -0.3 is 10.0 Å². The van der Waals surface area contributed by atoms with Crippen LogP contribution in [0.5, 0.6) is 0 Å². The fourth-order valence-electron chi connectivity index (χ4n) is 1.88. The minimum Gasteiger partial charge on any atom is -0.479 e. The summed E-state index contributed by atoms with van der Waals surface area (Å²) >= 11 is 0. The molecular weight excluding hydrogens is 218 g/mol. The molecule has 84 valence electrons. The Morgan fingerprint density at radius 2 is 2.35 bits per heavy atom. The molecule has 2 aliphatic rings. The highest BCUT2D eigenvalue weighted by molar-refractivity contribution is 5.79. The van der Waals surface area contributed by atoms with E-state index >= 15 is 0 Å². The molecule has 5 heteroatoms. The maximum absolute atomic E-state index is 11.1. The number of hydrogen-bond donors (Lipinski definition) is 1. The summed E-state index contributed by atoms with van der Waals surface area (Å²) in [6.07, 6.45) is 8.42. The second-order valence-corrected chi connectivity index (χ2v) is 3.77. The molecule has 0 spiro atoms. The van der Waals surface area contributed by atoms with Crippen LogP contribution in [0.25, 0.3) is 6.20 Å². The molecule has 2 aliphatic heterocycles. The van der Waals surface area contributed by atoms with Gasteiger partial charge in [-0.2, -0.15) is 0 Å². The maximum Gasteiger partial charge on any atom is 0.330 e. The summed E-state index contributed by atoms with van der Waals surface area (Å²) in [6.45, 7) is 0. The van der Waals surface area contributed by atoms with E-state index in [1.165, 1.54) is 0 Å². The van der Waals surface area contributed by atoms with E-state index in [1.807, 2.05) is 6.07 Å². The molecule has 0 amide bonds. The first-order valence-electron chi connectivity index (χ1n) is 5.16. The van der Waals surface area contributed by atoms with E-state index in [0.717, 1.165) is 11.1 Å². The van der Waals surface area contributed by atoms with Crippen LogP contribution in [0.4, 0.5) is 0 Å². The van der Waals surface area contributed by atoms with Crippen molar-refractivity contribution >= 4 is 12.2 Å². The zero-order chi connectivity index (χ0) is 11.8. The standard InChI is InChI=1S/C12H9N3O2/c16-12(17)11-4-3-8-6-14-9-2-1-5-13-10(9)7-15(8)11/h1-7,11H,(H,16,17). The Labute approximate surface area is 96.7 Å². The van der Waals surface area contributed by atoms with Crippen molar-refractivity contribution in [2.45, 2.75) is 6.04 Å². The first kappa shape index (κ1) is 9.77. The normalized spacial score (nSPS) is 20.6. The van der Waals surface area contributed by atoms with E-state index in [0.29, 0.717) is 5.35 Å². The fourth-order valence-corrected chi connectivity index (χ4v) is 1.88. The van der Waals surface area contributed by atoms with Gasteiger partial charge in [0.05, 0.1) is 17.3 Å². The second-order valence-electron chi connectivity index (χ2n) is 3.77. The number of fused-ring (bicyclic) bond motifs is 2. The molecule has 0 aliphatic carbocycles. The van der Waals surface area contributed by atoms with Crippen LogP contribution < -0.4 is 10.7 Å². The SMILES string of the molecule is O=C(O)C1C=CC2=CN=c3cccnc3=CN21. The third kappa shape index (κ3) is 1.52. The van der Waals surface area contributed by atoms with Gasteiger partial charge in [0.15, 0.2) is 0 Å². The molecule has 1 aromatic heterocycles. The van der Waals surface area contributed by atoms with E-state index in [-0.39, 0.29) is 0 Å². The summed E-state index contributed by atoms with van der Waals surface area (Å²) in [7, 11) is 0. The highest BCUT2D eigenvalue weighted by atomic mass is 16.4. The van der Waals surface area contributed by atoms with Gasteiger partial charge in [0.25, 0.3) is 0 Å². The van der Waals surface area contributed by atoms with Crippen molar-refractivity contribution in [3.8, 4) is 0 Å². The second kappa shape index (κ2) is 3.55. The predicted molar refractivity (Wildman–Crippen MR) is 60.0 cm³/mol. The minimum absolute atomic E-state index is 0.675. The van der Waals surface area contributed by atoms with Crippen LogP contribution in [-0.2, 0) is 4.79 Å². The van der Waals surface area contributed by atoms with Crippen molar-refractivity contribution in [3.63, 3.8) is 0 Å². The third-order valence-electron chi connectivity index (χ3n) is 2.71. The topological polar surface area (TPSA) is 65.8 Å². The number of aromatic nitrogens is 1. The van der Waals surface area contributed by atoms with E-state index in [1.54, 1.807) is 41.7 Å². The van der Waals surface area contributed by atoms with E-state index in [9.17, 15) is 4.79 Å². The van der Waals surface area contributed by atoms with Crippen molar-refractivity contribution < 1.29 is 9.90 Å². The molecule has 0 bridgehead atoms. The summed E-state index contributed by atoms with van der Waals surface area (Å²) in [4.78, 5) is 21.2. The molecule has 0 saturated carbocycles. The Kier molecular flexibility index (Phi) is 2.04. The number of pyridine rings is 1. The molecule has 3 heterocycles. The summed E-state index contributed by atoms with van der Waals surface area (Å²) in [5.74, 6) is -0.889. The van der Waals surface area contributed by atoms with Gasteiger partial charge in [-0.05, 0) is 24.3 Å². The molecule has 0 fully saturated rings. The van der Waals surface area contributed by atoms with Crippen LogP contribution in [-0.4, -0.2) is 27.0 Å². The first-order valence-corrected chi connectivity index (χ1v) is 5.16. The van der Waals surface area contributed by atoms with Gasteiger partial charge in [-0.1, -0.05) is 0 Å². The molecule has 0 aromatic carbocycles. The molecular formula is C12H9N3O2. The average Bonchev–Trinajstić information content (AvgIpc) is 2.63. The third-order valence-corrected chi connectivity index (χ3v) is 2.71. The molecule has 0 radical (unpaired) electrons. The lowest BCUT2D eigenvalue weighted by atomic mass is 10.3. The van der Waals surface area contributed by atoms with Crippen molar-refractivity contribution in [2.75, 3.05) is 0 Å². The zero-order valence-corrected chi connectivity index (χ0v) is 8.82. The number of carboxylic acids is 1. The molecule has 1 aromatic rings. The van der Waals surface area contributed by atoms with Gasteiger partial charge in [0.1, 0.15) is 11.4 Å². The van der Waals surface area contributed by atoms with E-state index in [4.69, 9.17) is 5.11 Å². The van der Waals surface area contributed by atoms with E-state index in [2.05, 4.69) is 9.98 Å².